The van der Waals surface area contributed by atoms with Crippen LogP contribution in [0.15, 0.2) is 29.7 Å². The van der Waals surface area contributed by atoms with Gasteiger partial charge in [-0.25, -0.2) is 0 Å². The fraction of sp³-hybridized carbons (Fsp3) is 0.526. The normalized spacial score (nSPS) is 19.0. The SMILES string of the molecule is Cc1ccc(-n2cnnc2SCC(=O)N2CCC3(CC2)OCCO3)cc1C. The number of ether oxygens (including phenoxy) is 2. The zero-order valence-corrected chi connectivity index (χ0v) is 16.5. The summed E-state index contributed by atoms with van der Waals surface area (Å²) in [6.45, 7) is 6.81. The van der Waals surface area contributed by atoms with Gasteiger partial charge in [-0.05, 0) is 37.1 Å². The summed E-state index contributed by atoms with van der Waals surface area (Å²) < 4.78 is 13.4. The summed E-state index contributed by atoms with van der Waals surface area (Å²) in [6, 6.07) is 6.24. The van der Waals surface area contributed by atoms with E-state index < -0.39 is 5.79 Å². The molecule has 1 aromatic heterocycles. The van der Waals surface area contributed by atoms with Gasteiger partial charge in [-0.15, -0.1) is 10.2 Å². The molecular formula is C19H24N4O3S. The third-order valence-corrected chi connectivity index (χ3v) is 6.23. The molecule has 3 heterocycles. The van der Waals surface area contributed by atoms with Gasteiger partial charge in [-0.3, -0.25) is 9.36 Å². The number of aromatic nitrogens is 3. The molecule has 2 fully saturated rings. The van der Waals surface area contributed by atoms with Crippen molar-refractivity contribution in [2.75, 3.05) is 32.1 Å². The second-order valence-corrected chi connectivity index (χ2v) is 7.97. The summed E-state index contributed by atoms with van der Waals surface area (Å²) in [6.07, 6.45) is 3.17. The van der Waals surface area contributed by atoms with Crippen LogP contribution in [-0.4, -0.2) is 63.4 Å². The van der Waals surface area contributed by atoms with Gasteiger partial charge in [0, 0.05) is 31.6 Å². The molecule has 0 saturated carbocycles. The number of nitrogens with zero attached hydrogens (tertiary/aromatic N) is 4. The molecule has 4 rings (SSSR count). The molecule has 1 spiro atoms. The Bertz CT molecular complexity index is 822. The largest absolute Gasteiger partial charge is 0.347 e. The van der Waals surface area contributed by atoms with Gasteiger partial charge in [0.2, 0.25) is 5.91 Å². The first-order valence-corrected chi connectivity index (χ1v) is 10.2. The van der Waals surface area contributed by atoms with Gasteiger partial charge in [0.25, 0.3) is 0 Å². The number of hydrogen-bond acceptors (Lipinski definition) is 6. The number of hydrogen-bond donors (Lipinski definition) is 0. The third-order valence-electron chi connectivity index (χ3n) is 5.30. The van der Waals surface area contributed by atoms with Crippen molar-refractivity contribution in [1.82, 2.24) is 19.7 Å². The molecule has 7 nitrogen and oxygen atoms in total. The first kappa shape index (κ1) is 18.5. The van der Waals surface area contributed by atoms with Crippen LogP contribution in [0.1, 0.15) is 24.0 Å². The third kappa shape index (κ3) is 3.88. The van der Waals surface area contributed by atoms with E-state index >= 15 is 0 Å². The molecule has 0 aliphatic carbocycles. The molecule has 0 unspecified atom stereocenters. The van der Waals surface area contributed by atoms with Crippen LogP contribution < -0.4 is 0 Å². The van der Waals surface area contributed by atoms with Crippen LogP contribution >= 0.6 is 11.8 Å². The van der Waals surface area contributed by atoms with Gasteiger partial charge in [0.1, 0.15) is 6.33 Å². The molecule has 0 atom stereocenters. The van der Waals surface area contributed by atoms with E-state index in [-0.39, 0.29) is 5.91 Å². The maximum Gasteiger partial charge on any atom is 0.233 e. The second-order valence-electron chi connectivity index (χ2n) is 7.03. The Hall–Kier alpha value is -1.90. The standard InChI is InChI=1S/C19H24N4O3S/c1-14-3-4-16(11-15(14)2)23-13-20-21-18(23)27-12-17(24)22-7-5-19(6-8-22)25-9-10-26-19/h3-4,11,13H,5-10,12H2,1-2H3. The maximum absolute atomic E-state index is 12.6. The number of likely N-dealkylation sites (tertiary alicyclic amines) is 1. The highest BCUT2D eigenvalue weighted by Crippen LogP contribution is 2.31. The molecule has 2 aliphatic heterocycles. The number of amides is 1. The van der Waals surface area contributed by atoms with Crippen molar-refractivity contribution in [3.63, 3.8) is 0 Å². The highest BCUT2D eigenvalue weighted by atomic mass is 32.2. The molecule has 2 saturated heterocycles. The van der Waals surface area contributed by atoms with Crippen molar-refractivity contribution < 1.29 is 14.3 Å². The van der Waals surface area contributed by atoms with Crippen LogP contribution in [0, 0.1) is 13.8 Å². The van der Waals surface area contributed by atoms with Gasteiger partial charge < -0.3 is 14.4 Å². The Labute approximate surface area is 163 Å². The van der Waals surface area contributed by atoms with Crippen LogP contribution in [0.2, 0.25) is 0 Å². The van der Waals surface area contributed by atoms with E-state index in [2.05, 4.69) is 36.2 Å². The fourth-order valence-corrected chi connectivity index (χ4v) is 4.31. The van der Waals surface area contributed by atoms with E-state index in [1.54, 1.807) is 6.33 Å². The van der Waals surface area contributed by atoms with Gasteiger partial charge >= 0.3 is 0 Å². The van der Waals surface area contributed by atoms with E-state index in [1.165, 1.54) is 22.9 Å². The molecule has 0 N–H and O–H groups in total. The molecule has 27 heavy (non-hydrogen) atoms. The van der Waals surface area contributed by atoms with Crippen molar-refractivity contribution in [2.24, 2.45) is 0 Å². The Kier molecular flexibility index (Phi) is 5.21. The number of rotatable bonds is 4. The maximum atomic E-state index is 12.6. The summed E-state index contributed by atoms with van der Waals surface area (Å²) in [5.41, 5.74) is 3.47. The molecule has 8 heteroatoms. The molecule has 0 radical (unpaired) electrons. The first-order valence-electron chi connectivity index (χ1n) is 9.22. The lowest BCUT2D eigenvalue weighted by molar-refractivity contribution is -0.186. The molecule has 0 bridgehead atoms. The highest BCUT2D eigenvalue weighted by Gasteiger charge is 2.40. The van der Waals surface area contributed by atoms with E-state index in [1.807, 2.05) is 15.5 Å². The van der Waals surface area contributed by atoms with E-state index in [9.17, 15) is 4.79 Å². The van der Waals surface area contributed by atoms with Crippen molar-refractivity contribution in [3.8, 4) is 5.69 Å². The molecular weight excluding hydrogens is 364 g/mol. The Morgan fingerprint density at radius 2 is 1.93 bits per heavy atom. The molecule has 144 valence electrons. The van der Waals surface area contributed by atoms with Gasteiger partial charge in [-0.2, -0.15) is 0 Å². The molecule has 1 aromatic carbocycles. The topological polar surface area (TPSA) is 69.5 Å². The highest BCUT2D eigenvalue weighted by molar-refractivity contribution is 7.99. The number of thioether (sulfide) groups is 1. The van der Waals surface area contributed by atoms with Crippen molar-refractivity contribution in [3.05, 3.63) is 35.7 Å². The summed E-state index contributed by atoms with van der Waals surface area (Å²) in [7, 11) is 0. The minimum atomic E-state index is -0.451. The zero-order valence-electron chi connectivity index (χ0n) is 15.7. The van der Waals surface area contributed by atoms with Crippen molar-refractivity contribution in [2.45, 2.75) is 37.6 Å². The Morgan fingerprint density at radius 3 is 2.63 bits per heavy atom. The lowest BCUT2D eigenvalue weighted by Gasteiger charge is -2.37. The second kappa shape index (κ2) is 7.61. The van der Waals surface area contributed by atoms with Crippen LogP contribution in [0.4, 0.5) is 0 Å². The summed E-state index contributed by atoms with van der Waals surface area (Å²) >= 11 is 1.42. The number of carbonyl (C=O) groups excluding carboxylic acids is 1. The average Bonchev–Trinajstić information content (AvgIpc) is 3.32. The molecule has 1 amide bonds. The Balaban J connectivity index is 1.36. The average molecular weight is 388 g/mol. The van der Waals surface area contributed by atoms with Gasteiger partial charge in [0.15, 0.2) is 10.9 Å². The summed E-state index contributed by atoms with van der Waals surface area (Å²) in [5, 5.41) is 8.93. The predicted octanol–water partition coefficient (Wildman–Crippen LogP) is 2.34. The Morgan fingerprint density at radius 1 is 1.19 bits per heavy atom. The van der Waals surface area contributed by atoms with Crippen molar-refractivity contribution >= 4 is 17.7 Å². The number of benzene rings is 1. The van der Waals surface area contributed by atoms with Crippen LogP contribution in [0.5, 0.6) is 0 Å². The lowest BCUT2D eigenvalue weighted by Crippen LogP contribution is -2.47. The minimum absolute atomic E-state index is 0.113. The van der Waals surface area contributed by atoms with Gasteiger partial charge in [0.05, 0.1) is 19.0 Å². The number of piperidine rings is 1. The van der Waals surface area contributed by atoms with Crippen LogP contribution in [0.25, 0.3) is 5.69 Å². The quantitative estimate of drug-likeness (QED) is 0.749. The molecule has 2 aliphatic rings. The van der Waals surface area contributed by atoms with E-state index in [4.69, 9.17) is 9.47 Å². The summed E-state index contributed by atoms with van der Waals surface area (Å²) in [5.74, 6) is 0.00790. The predicted molar refractivity (Wildman–Crippen MR) is 102 cm³/mol. The lowest BCUT2D eigenvalue weighted by atomic mass is 10.0. The minimum Gasteiger partial charge on any atom is -0.347 e. The smallest absolute Gasteiger partial charge is 0.233 e. The van der Waals surface area contributed by atoms with Crippen molar-refractivity contribution in [1.29, 1.82) is 0 Å². The number of aryl methyl sites for hydroxylation is 2. The van der Waals surface area contributed by atoms with Crippen LogP contribution in [-0.2, 0) is 14.3 Å². The van der Waals surface area contributed by atoms with Crippen LogP contribution in [0.3, 0.4) is 0 Å². The monoisotopic (exact) mass is 388 g/mol. The van der Waals surface area contributed by atoms with Gasteiger partial charge in [-0.1, -0.05) is 17.8 Å². The number of carbonyl (C=O) groups is 1. The zero-order chi connectivity index (χ0) is 18.9. The van der Waals surface area contributed by atoms with E-state index in [0.29, 0.717) is 32.1 Å². The fourth-order valence-electron chi connectivity index (χ4n) is 3.48. The first-order chi connectivity index (χ1) is 13.1. The van der Waals surface area contributed by atoms with E-state index in [0.717, 1.165) is 23.7 Å². The summed E-state index contributed by atoms with van der Waals surface area (Å²) in [4.78, 5) is 14.5. The molecule has 2 aromatic rings.